The van der Waals surface area contributed by atoms with Gasteiger partial charge in [0, 0.05) is 6.20 Å². The molecule has 0 saturated heterocycles. The Balaban J connectivity index is 2.53. The summed E-state index contributed by atoms with van der Waals surface area (Å²) in [6.07, 6.45) is 3.68. The van der Waals surface area contributed by atoms with Crippen LogP contribution in [-0.2, 0) is 0 Å². The van der Waals surface area contributed by atoms with Gasteiger partial charge in [0.25, 0.3) is 0 Å². The zero-order valence-corrected chi connectivity index (χ0v) is 7.03. The van der Waals surface area contributed by atoms with Crippen molar-refractivity contribution in [2.45, 2.75) is 18.8 Å². The standard InChI is InChI=1S/C9H10N2O2/c10-8-7(9(12)13)6(3-4-11-8)5-1-2-5/h3-5H,1-2H2,(H2,10,11)(H,12,13). The fourth-order valence-electron chi connectivity index (χ4n) is 1.46. The molecule has 1 aliphatic rings. The van der Waals surface area contributed by atoms with Gasteiger partial charge >= 0.3 is 5.97 Å². The Hall–Kier alpha value is -1.58. The summed E-state index contributed by atoms with van der Waals surface area (Å²) in [5.74, 6) is -0.471. The molecule has 1 aromatic rings. The molecule has 1 aliphatic carbocycles. The van der Waals surface area contributed by atoms with Gasteiger partial charge in [-0.05, 0) is 30.4 Å². The topological polar surface area (TPSA) is 76.2 Å². The Morgan fingerprint density at radius 1 is 1.62 bits per heavy atom. The minimum atomic E-state index is -0.979. The third-order valence-corrected chi connectivity index (χ3v) is 2.24. The van der Waals surface area contributed by atoms with E-state index in [1.54, 1.807) is 12.3 Å². The van der Waals surface area contributed by atoms with Crippen molar-refractivity contribution in [1.29, 1.82) is 0 Å². The van der Waals surface area contributed by atoms with E-state index in [9.17, 15) is 4.79 Å². The number of nitrogen functional groups attached to an aromatic ring is 1. The van der Waals surface area contributed by atoms with Gasteiger partial charge in [0.1, 0.15) is 11.4 Å². The van der Waals surface area contributed by atoms with Crippen molar-refractivity contribution in [1.82, 2.24) is 4.98 Å². The van der Waals surface area contributed by atoms with Gasteiger partial charge in [-0.1, -0.05) is 0 Å². The number of carbonyl (C=O) groups is 1. The maximum Gasteiger partial charge on any atom is 0.339 e. The Morgan fingerprint density at radius 2 is 2.31 bits per heavy atom. The van der Waals surface area contributed by atoms with Crippen LogP contribution in [0.15, 0.2) is 12.3 Å². The van der Waals surface area contributed by atoms with Crippen molar-refractivity contribution in [3.05, 3.63) is 23.4 Å². The number of rotatable bonds is 2. The molecule has 2 rings (SSSR count). The molecule has 0 aromatic carbocycles. The van der Waals surface area contributed by atoms with Gasteiger partial charge in [0.15, 0.2) is 0 Å². The molecule has 0 atom stereocenters. The quantitative estimate of drug-likeness (QED) is 0.714. The molecule has 1 fully saturated rings. The third-order valence-electron chi connectivity index (χ3n) is 2.24. The largest absolute Gasteiger partial charge is 0.478 e. The molecule has 1 heterocycles. The van der Waals surface area contributed by atoms with Gasteiger partial charge in [-0.15, -0.1) is 0 Å². The molecular formula is C9H10N2O2. The molecule has 13 heavy (non-hydrogen) atoms. The van der Waals surface area contributed by atoms with Crippen LogP contribution in [0.3, 0.4) is 0 Å². The minimum absolute atomic E-state index is 0.122. The number of anilines is 1. The van der Waals surface area contributed by atoms with Crippen LogP contribution in [0.2, 0.25) is 0 Å². The van der Waals surface area contributed by atoms with Crippen LogP contribution in [0.4, 0.5) is 5.82 Å². The van der Waals surface area contributed by atoms with E-state index in [0.29, 0.717) is 5.92 Å². The van der Waals surface area contributed by atoms with Crippen molar-refractivity contribution in [2.75, 3.05) is 5.73 Å². The summed E-state index contributed by atoms with van der Waals surface area (Å²) in [4.78, 5) is 14.6. The second-order valence-electron chi connectivity index (χ2n) is 3.24. The molecule has 0 unspecified atom stereocenters. The van der Waals surface area contributed by atoms with Crippen molar-refractivity contribution < 1.29 is 9.90 Å². The van der Waals surface area contributed by atoms with Gasteiger partial charge < -0.3 is 10.8 Å². The molecule has 0 amide bonds. The van der Waals surface area contributed by atoms with Gasteiger partial charge in [-0.25, -0.2) is 9.78 Å². The summed E-state index contributed by atoms with van der Waals surface area (Å²) in [6, 6.07) is 1.75. The second-order valence-corrected chi connectivity index (χ2v) is 3.24. The van der Waals surface area contributed by atoms with E-state index in [1.807, 2.05) is 0 Å². The average Bonchev–Trinajstić information content (AvgIpc) is 2.85. The number of nitrogens with two attached hydrogens (primary N) is 1. The van der Waals surface area contributed by atoms with Crippen molar-refractivity contribution in [3.63, 3.8) is 0 Å². The number of nitrogens with zero attached hydrogens (tertiary/aromatic N) is 1. The molecule has 1 aromatic heterocycles. The molecular weight excluding hydrogens is 168 g/mol. The molecule has 4 nitrogen and oxygen atoms in total. The smallest absolute Gasteiger partial charge is 0.339 e. The average molecular weight is 178 g/mol. The zero-order chi connectivity index (χ0) is 9.42. The lowest BCUT2D eigenvalue weighted by Crippen LogP contribution is -2.07. The lowest BCUT2D eigenvalue weighted by molar-refractivity contribution is 0.0696. The van der Waals surface area contributed by atoms with Crippen LogP contribution in [0.5, 0.6) is 0 Å². The SMILES string of the molecule is Nc1nccc(C2CC2)c1C(=O)O. The maximum atomic E-state index is 10.9. The highest BCUT2D eigenvalue weighted by molar-refractivity contribution is 5.94. The van der Waals surface area contributed by atoms with Crippen LogP contribution in [0.1, 0.15) is 34.7 Å². The lowest BCUT2D eigenvalue weighted by atomic mass is 10.1. The zero-order valence-electron chi connectivity index (χ0n) is 7.03. The number of carboxylic acids is 1. The first-order chi connectivity index (χ1) is 6.20. The van der Waals surface area contributed by atoms with Crippen LogP contribution < -0.4 is 5.73 Å². The minimum Gasteiger partial charge on any atom is -0.478 e. The lowest BCUT2D eigenvalue weighted by Gasteiger charge is -2.05. The van der Waals surface area contributed by atoms with Crippen molar-refractivity contribution >= 4 is 11.8 Å². The summed E-state index contributed by atoms with van der Waals surface area (Å²) in [7, 11) is 0. The molecule has 0 bridgehead atoms. The first kappa shape index (κ1) is 8.04. The Kier molecular flexibility index (Phi) is 1.69. The number of carboxylic acid groups (broad SMARTS) is 1. The van der Waals surface area contributed by atoms with Gasteiger partial charge in [0.05, 0.1) is 0 Å². The molecule has 0 radical (unpaired) electrons. The normalized spacial score (nSPS) is 15.7. The predicted octanol–water partition coefficient (Wildman–Crippen LogP) is 1.24. The van der Waals surface area contributed by atoms with E-state index in [1.165, 1.54) is 0 Å². The van der Waals surface area contributed by atoms with Gasteiger partial charge in [0.2, 0.25) is 0 Å². The first-order valence-corrected chi connectivity index (χ1v) is 4.18. The first-order valence-electron chi connectivity index (χ1n) is 4.18. The summed E-state index contributed by atoms with van der Waals surface area (Å²) in [5, 5.41) is 8.90. The molecule has 0 aliphatic heterocycles. The Bertz CT molecular complexity index is 359. The van der Waals surface area contributed by atoms with E-state index in [4.69, 9.17) is 10.8 Å². The van der Waals surface area contributed by atoms with E-state index < -0.39 is 5.97 Å². The van der Waals surface area contributed by atoms with E-state index in [2.05, 4.69) is 4.98 Å². The van der Waals surface area contributed by atoms with Crippen LogP contribution in [-0.4, -0.2) is 16.1 Å². The maximum absolute atomic E-state index is 10.9. The number of aromatic nitrogens is 1. The molecule has 4 heteroatoms. The monoisotopic (exact) mass is 178 g/mol. The summed E-state index contributed by atoms with van der Waals surface area (Å²) in [6.45, 7) is 0. The highest BCUT2D eigenvalue weighted by Crippen LogP contribution is 2.42. The number of hydrogen-bond donors (Lipinski definition) is 2. The Morgan fingerprint density at radius 3 is 2.85 bits per heavy atom. The summed E-state index contributed by atoms with van der Waals surface area (Å²) >= 11 is 0. The second kappa shape index (κ2) is 2.73. The number of hydrogen-bond acceptors (Lipinski definition) is 3. The fourth-order valence-corrected chi connectivity index (χ4v) is 1.46. The predicted molar refractivity (Wildman–Crippen MR) is 47.6 cm³/mol. The highest BCUT2D eigenvalue weighted by Gasteiger charge is 2.29. The summed E-state index contributed by atoms with van der Waals surface area (Å²) < 4.78 is 0. The molecule has 3 N–H and O–H groups in total. The van der Waals surface area contributed by atoms with Crippen molar-refractivity contribution in [3.8, 4) is 0 Å². The van der Waals surface area contributed by atoms with Crippen LogP contribution in [0, 0.1) is 0 Å². The third kappa shape index (κ3) is 1.35. The van der Waals surface area contributed by atoms with Gasteiger partial charge in [-0.2, -0.15) is 0 Å². The molecule has 1 saturated carbocycles. The summed E-state index contributed by atoms with van der Waals surface area (Å²) in [5.41, 5.74) is 6.51. The van der Waals surface area contributed by atoms with E-state index in [-0.39, 0.29) is 11.4 Å². The fraction of sp³-hybridized carbons (Fsp3) is 0.333. The van der Waals surface area contributed by atoms with Gasteiger partial charge in [-0.3, -0.25) is 0 Å². The van der Waals surface area contributed by atoms with Crippen molar-refractivity contribution in [2.24, 2.45) is 0 Å². The number of aromatic carboxylic acids is 1. The Labute approximate surface area is 75.4 Å². The number of pyridine rings is 1. The highest BCUT2D eigenvalue weighted by atomic mass is 16.4. The molecule has 68 valence electrons. The van der Waals surface area contributed by atoms with Crippen LogP contribution >= 0.6 is 0 Å². The van der Waals surface area contributed by atoms with Crippen LogP contribution in [0.25, 0.3) is 0 Å². The molecule has 0 spiro atoms. The van der Waals surface area contributed by atoms with E-state index in [0.717, 1.165) is 18.4 Å². The van der Waals surface area contributed by atoms with E-state index >= 15 is 0 Å².